The highest BCUT2D eigenvalue weighted by Crippen LogP contribution is 2.67. The van der Waals surface area contributed by atoms with Gasteiger partial charge >= 0.3 is 0 Å². The van der Waals surface area contributed by atoms with Crippen LogP contribution in [0, 0.1) is 46.8 Å². The number of rotatable bonds is 8. The Balaban J connectivity index is 1.14. The first-order valence-corrected chi connectivity index (χ1v) is 19.9. The molecular weight excluding hydrogens is 858 g/mol. The van der Waals surface area contributed by atoms with Crippen LogP contribution in [0.25, 0.3) is 0 Å². The Morgan fingerprint density at radius 1 is 0.710 bits per heavy atom. The van der Waals surface area contributed by atoms with Gasteiger partial charge in [-0.1, -0.05) is 78.4 Å². The fourth-order valence-electron chi connectivity index (χ4n) is 9.28. The standard InChI is InChI=1S/C46H29Cl2F5N2O7/c47-45-20-30-27(17-18-29-32(30)42(59)54(41(29)58)25-13-11-24(12-14-25)40(57)23-9-5-2-6-10-23)33(28-16-15-26(19-31(28)56)62-21-22-7-3-1-4-8-22)46(45,48)44(61)55(43(45)60)39-37(52)35(50)34(49)36(51)38(39)53/h1-17,19,29-30,32-33,56H,18,20-21H2. The summed E-state index contributed by atoms with van der Waals surface area (Å²) >= 11 is 14.5. The number of ether oxygens (including phenoxy) is 1. The molecule has 0 aromatic heterocycles. The Morgan fingerprint density at radius 3 is 1.94 bits per heavy atom. The van der Waals surface area contributed by atoms with E-state index in [1.807, 2.05) is 6.07 Å². The number of ketones is 1. The number of fused-ring (bicyclic) bond motifs is 4. The SMILES string of the molecule is O=C(c1ccccc1)c1ccc(N2C(=O)C3CC=C4C(CC5(Cl)C(=O)N(c6c(F)c(F)c(F)c(F)c6F)C(=O)C5(Cl)C4c4ccc(OCc5ccccc5)cc4O)C3C2=O)cc1. The quantitative estimate of drug-likeness (QED) is 0.0315. The van der Waals surface area contributed by atoms with E-state index in [-0.39, 0.29) is 51.8 Å². The van der Waals surface area contributed by atoms with Gasteiger partial charge in [0.1, 0.15) is 23.8 Å². The molecule has 5 aromatic rings. The summed E-state index contributed by atoms with van der Waals surface area (Å²) in [5, 5.41) is 11.6. The minimum atomic E-state index is -2.84. The molecule has 1 saturated carbocycles. The first kappa shape index (κ1) is 41.0. The summed E-state index contributed by atoms with van der Waals surface area (Å²) in [7, 11) is 0. The number of nitrogens with zero attached hydrogens (tertiary/aromatic N) is 2. The van der Waals surface area contributed by atoms with Crippen LogP contribution >= 0.6 is 23.2 Å². The van der Waals surface area contributed by atoms with Gasteiger partial charge in [0.25, 0.3) is 11.8 Å². The van der Waals surface area contributed by atoms with Crippen molar-refractivity contribution in [2.75, 3.05) is 9.80 Å². The number of alkyl halides is 2. The van der Waals surface area contributed by atoms with Gasteiger partial charge in [0.05, 0.1) is 17.5 Å². The topological polar surface area (TPSA) is 121 Å². The number of phenols is 1. The van der Waals surface area contributed by atoms with E-state index in [0.717, 1.165) is 10.5 Å². The Hall–Kier alpha value is -6.38. The fraction of sp³-hybridized carbons (Fsp3) is 0.196. The van der Waals surface area contributed by atoms with Crippen LogP contribution in [0.4, 0.5) is 33.3 Å². The van der Waals surface area contributed by atoms with Crippen molar-refractivity contribution in [2.45, 2.75) is 35.1 Å². The minimum absolute atomic E-state index is 0.0755. The fourth-order valence-corrected chi connectivity index (χ4v) is 10.2. The van der Waals surface area contributed by atoms with E-state index in [9.17, 15) is 42.3 Å². The first-order chi connectivity index (χ1) is 29.6. The lowest BCUT2D eigenvalue weighted by Crippen LogP contribution is -2.60. The molecule has 2 aliphatic heterocycles. The van der Waals surface area contributed by atoms with Gasteiger partial charge in [-0.05, 0) is 54.7 Å². The molecule has 2 aliphatic carbocycles. The Labute approximate surface area is 358 Å². The summed E-state index contributed by atoms with van der Waals surface area (Å²) in [6.45, 7) is 0.0755. The average Bonchev–Trinajstić information content (AvgIpc) is 3.62. The van der Waals surface area contributed by atoms with Gasteiger partial charge in [0.15, 0.2) is 38.8 Å². The molecule has 1 N–H and O–H groups in total. The van der Waals surface area contributed by atoms with Crippen molar-refractivity contribution in [3.05, 3.63) is 166 Å². The van der Waals surface area contributed by atoms with Crippen LogP contribution in [0.5, 0.6) is 11.5 Å². The molecule has 5 aromatic carbocycles. The van der Waals surface area contributed by atoms with Crippen molar-refractivity contribution in [1.29, 1.82) is 0 Å². The van der Waals surface area contributed by atoms with E-state index >= 15 is 8.78 Å². The third-order valence-electron chi connectivity index (χ3n) is 12.2. The second-order valence-electron chi connectivity index (χ2n) is 15.4. The van der Waals surface area contributed by atoms with Crippen molar-refractivity contribution in [2.24, 2.45) is 17.8 Å². The van der Waals surface area contributed by atoms with Crippen LogP contribution < -0.4 is 14.5 Å². The maximum absolute atomic E-state index is 15.5. The van der Waals surface area contributed by atoms with Crippen molar-refractivity contribution in [1.82, 2.24) is 0 Å². The van der Waals surface area contributed by atoms with Crippen LogP contribution in [-0.4, -0.2) is 44.3 Å². The second kappa shape index (κ2) is 14.9. The molecule has 9 rings (SSSR count). The van der Waals surface area contributed by atoms with Crippen LogP contribution in [0.2, 0.25) is 0 Å². The number of aromatic hydroxyl groups is 1. The highest BCUT2D eigenvalue weighted by atomic mass is 35.5. The highest BCUT2D eigenvalue weighted by Gasteiger charge is 2.77. The summed E-state index contributed by atoms with van der Waals surface area (Å²) in [5.74, 6) is -23.2. The summed E-state index contributed by atoms with van der Waals surface area (Å²) in [6.07, 6.45) is 0.670. The minimum Gasteiger partial charge on any atom is -0.508 e. The lowest BCUT2D eigenvalue weighted by molar-refractivity contribution is -0.125. The number of anilines is 2. The molecular formula is C46H29Cl2F5N2O7. The van der Waals surface area contributed by atoms with Gasteiger partial charge in [0.2, 0.25) is 17.6 Å². The van der Waals surface area contributed by atoms with Gasteiger partial charge in [-0.3, -0.25) is 28.9 Å². The molecule has 4 amide bonds. The van der Waals surface area contributed by atoms with Crippen molar-refractivity contribution < 1.29 is 55.8 Å². The van der Waals surface area contributed by atoms with E-state index in [1.54, 1.807) is 54.6 Å². The molecule has 3 fully saturated rings. The predicted octanol–water partition coefficient (Wildman–Crippen LogP) is 8.67. The molecule has 314 valence electrons. The Bertz CT molecular complexity index is 2760. The zero-order valence-electron chi connectivity index (χ0n) is 31.8. The number of phenolic OH excluding ortho intramolecular Hbond substituents is 1. The van der Waals surface area contributed by atoms with Crippen LogP contribution in [0.15, 0.2) is 115 Å². The van der Waals surface area contributed by atoms with Crippen molar-refractivity contribution in [3.63, 3.8) is 0 Å². The molecule has 9 nitrogen and oxygen atoms in total. The van der Waals surface area contributed by atoms with Gasteiger partial charge in [-0.25, -0.2) is 26.9 Å². The van der Waals surface area contributed by atoms with E-state index in [1.165, 1.54) is 48.5 Å². The van der Waals surface area contributed by atoms with Crippen LogP contribution in [-0.2, 0) is 25.8 Å². The summed E-state index contributed by atoms with van der Waals surface area (Å²) in [6, 6.07) is 27.1. The van der Waals surface area contributed by atoms with Crippen molar-refractivity contribution in [3.8, 4) is 11.5 Å². The zero-order valence-corrected chi connectivity index (χ0v) is 33.3. The maximum atomic E-state index is 15.5. The normalized spacial score (nSPS) is 25.4. The molecule has 0 bridgehead atoms. The average molecular weight is 888 g/mol. The molecule has 62 heavy (non-hydrogen) atoms. The van der Waals surface area contributed by atoms with Gasteiger partial charge in [-0.2, -0.15) is 0 Å². The predicted molar refractivity (Wildman–Crippen MR) is 214 cm³/mol. The highest BCUT2D eigenvalue weighted by molar-refractivity contribution is 6.58. The first-order valence-electron chi connectivity index (χ1n) is 19.2. The smallest absolute Gasteiger partial charge is 0.258 e. The number of benzene rings is 5. The van der Waals surface area contributed by atoms with E-state index in [0.29, 0.717) is 5.56 Å². The van der Waals surface area contributed by atoms with E-state index in [4.69, 9.17) is 27.9 Å². The summed E-state index contributed by atoms with van der Waals surface area (Å²) < 4.78 is 80.3. The second-order valence-corrected chi connectivity index (χ2v) is 16.7. The number of imide groups is 2. The van der Waals surface area contributed by atoms with Crippen molar-refractivity contribution >= 4 is 64.0 Å². The maximum Gasteiger partial charge on any atom is 0.258 e. The van der Waals surface area contributed by atoms with Gasteiger partial charge < -0.3 is 9.84 Å². The number of carbonyl (C=O) groups excluding carboxylic acids is 5. The van der Waals surface area contributed by atoms with E-state index in [2.05, 4.69) is 0 Å². The lowest BCUT2D eigenvalue weighted by atomic mass is 9.56. The number of carbonyl (C=O) groups is 5. The molecule has 2 saturated heterocycles. The number of amides is 4. The number of hydrogen-bond donors (Lipinski definition) is 1. The molecule has 4 aliphatic rings. The van der Waals surface area contributed by atoms with Gasteiger partial charge in [-0.15, -0.1) is 23.2 Å². The molecule has 0 spiro atoms. The number of allylic oxidation sites excluding steroid dienone is 2. The summed E-state index contributed by atoms with van der Waals surface area (Å²) in [4.78, 5) is 66.1. The molecule has 0 radical (unpaired) electrons. The van der Waals surface area contributed by atoms with E-state index < -0.39 is 104 Å². The third-order valence-corrected chi connectivity index (χ3v) is 13.6. The number of halogens is 7. The Morgan fingerprint density at radius 2 is 1.31 bits per heavy atom. The van der Waals surface area contributed by atoms with Crippen LogP contribution in [0.1, 0.15) is 45.8 Å². The number of hydrogen-bond acceptors (Lipinski definition) is 7. The molecule has 6 atom stereocenters. The molecule has 6 unspecified atom stereocenters. The lowest BCUT2D eigenvalue weighted by Gasteiger charge is -2.50. The molecule has 2 heterocycles. The third kappa shape index (κ3) is 5.90. The molecule has 16 heteroatoms. The summed E-state index contributed by atoms with van der Waals surface area (Å²) in [5.41, 5.74) is -0.345. The Kier molecular flexibility index (Phi) is 9.86. The van der Waals surface area contributed by atoms with Crippen LogP contribution in [0.3, 0.4) is 0 Å². The monoisotopic (exact) mass is 886 g/mol. The zero-order chi connectivity index (χ0) is 44.0. The largest absolute Gasteiger partial charge is 0.508 e. The van der Waals surface area contributed by atoms with Gasteiger partial charge in [0, 0.05) is 28.7 Å².